The van der Waals surface area contributed by atoms with Gasteiger partial charge in [0.15, 0.2) is 9.84 Å². The third-order valence-electron chi connectivity index (χ3n) is 2.42. The Morgan fingerprint density at radius 3 is 2.31 bits per heavy atom. The fourth-order valence-electron chi connectivity index (χ4n) is 1.56. The molecule has 0 spiro atoms. The highest BCUT2D eigenvalue weighted by Crippen LogP contribution is 2.14. The fraction of sp³-hybridized carbons (Fsp3) is 0.500. The summed E-state index contributed by atoms with van der Waals surface area (Å²) in [6.45, 7) is 2.53. The van der Waals surface area contributed by atoms with Crippen molar-refractivity contribution in [2.24, 2.45) is 5.73 Å². The van der Waals surface area contributed by atoms with Crippen molar-refractivity contribution in [3.63, 3.8) is 0 Å². The van der Waals surface area contributed by atoms with E-state index in [1.54, 1.807) is 12.1 Å². The monoisotopic (exact) mass is 241 g/mol. The Morgan fingerprint density at radius 2 is 1.81 bits per heavy atom. The maximum atomic E-state index is 11.7. The first-order valence-corrected chi connectivity index (χ1v) is 7.27. The number of benzene rings is 1. The molecule has 0 saturated carbocycles. The van der Waals surface area contributed by atoms with E-state index in [0.717, 1.165) is 18.4 Å². The molecule has 1 rings (SSSR count). The Hall–Kier alpha value is -0.870. The Labute approximate surface area is 97.6 Å². The van der Waals surface area contributed by atoms with Crippen molar-refractivity contribution < 1.29 is 8.42 Å². The molecule has 0 heterocycles. The molecule has 1 aromatic carbocycles. The van der Waals surface area contributed by atoms with Gasteiger partial charge in [-0.2, -0.15) is 0 Å². The molecular formula is C12H19NO2S. The van der Waals surface area contributed by atoms with Crippen LogP contribution in [0.15, 0.2) is 29.2 Å². The second-order valence-electron chi connectivity index (χ2n) is 3.86. The third kappa shape index (κ3) is 3.61. The Balaban J connectivity index is 2.78. The molecule has 0 aliphatic carbocycles. The lowest BCUT2D eigenvalue weighted by Crippen LogP contribution is -2.06. The van der Waals surface area contributed by atoms with E-state index in [-0.39, 0.29) is 5.75 Å². The van der Waals surface area contributed by atoms with Crippen LogP contribution in [0.4, 0.5) is 0 Å². The van der Waals surface area contributed by atoms with E-state index >= 15 is 0 Å². The molecule has 1 aromatic rings. The molecule has 0 unspecified atom stereocenters. The van der Waals surface area contributed by atoms with Crippen LogP contribution in [0.5, 0.6) is 0 Å². The molecule has 3 nitrogen and oxygen atoms in total. The Bertz CT molecular complexity index is 409. The van der Waals surface area contributed by atoms with Crippen LogP contribution in [0.3, 0.4) is 0 Å². The molecular weight excluding hydrogens is 222 g/mol. The lowest BCUT2D eigenvalue weighted by molar-refractivity contribution is 0.594. The quantitative estimate of drug-likeness (QED) is 0.825. The van der Waals surface area contributed by atoms with E-state index in [4.69, 9.17) is 5.73 Å². The van der Waals surface area contributed by atoms with Gasteiger partial charge in [0, 0.05) is 0 Å². The van der Waals surface area contributed by atoms with Gasteiger partial charge >= 0.3 is 0 Å². The molecule has 0 bridgehead atoms. The second-order valence-corrected chi connectivity index (χ2v) is 5.96. The van der Waals surface area contributed by atoms with Crippen LogP contribution in [0.2, 0.25) is 0 Å². The maximum absolute atomic E-state index is 11.7. The summed E-state index contributed by atoms with van der Waals surface area (Å²) < 4.78 is 23.5. The first-order valence-electron chi connectivity index (χ1n) is 5.62. The van der Waals surface area contributed by atoms with Crippen molar-refractivity contribution in [3.8, 4) is 0 Å². The second kappa shape index (κ2) is 6.01. The molecule has 0 atom stereocenters. The fourth-order valence-corrected chi connectivity index (χ4v) is 2.88. The Morgan fingerprint density at radius 1 is 1.19 bits per heavy atom. The van der Waals surface area contributed by atoms with Crippen LogP contribution in [-0.4, -0.2) is 20.7 Å². The van der Waals surface area contributed by atoms with Crippen molar-refractivity contribution in [2.45, 2.75) is 31.1 Å². The van der Waals surface area contributed by atoms with Crippen molar-refractivity contribution in [1.82, 2.24) is 0 Å². The molecule has 16 heavy (non-hydrogen) atoms. The smallest absolute Gasteiger partial charge is 0.178 e. The summed E-state index contributed by atoms with van der Waals surface area (Å²) in [6.07, 6.45) is 2.49. The van der Waals surface area contributed by atoms with Crippen LogP contribution in [-0.2, 0) is 16.3 Å². The zero-order valence-corrected chi connectivity index (χ0v) is 10.5. The van der Waals surface area contributed by atoms with Crippen molar-refractivity contribution in [1.29, 1.82) is 0 Å². The van der Waals surface area contributed by atoms with Gasteiger partial charge in [0.1, 0.15) is 0 Å². The number of rotatable bonds is 6. The minimum Gasteiger partial charge on any atom is -0.330 e. The number of hydrogen-bond acceptors (Lipinski definition) is 3. The van der Waals surface area contributed by atoms with Crippen LogP contribution in [0.1, 0.15) is 25.3 Å². The lowest BCUT2D eigenvalue weighted by atomic mass is 10.1. The van der Waals surface area contributed by atoms with Gasteiger partial charge in [-0.15, -0.1) is 0 Å². The zero-order chi connectivity index (χ0) is 12.0. The van der Waals surface area contributed by atoms with E-state index in [1.165, 1.54) is 0 Å². The topological polar surface area (TPSA) is 60.2 Å². The average Bonchev–Trinajstić information content (AvgIpc) is 2.27. The maximum Gasteiger partial charge on any atom is 0.178 e. The summed E-state index contributed by atoms with van der Waals surface area (Å²) in [7, 11) is -3.07. The molecule has 0 aliphatic rings. The van der Waals surface area contributed by atoms with Gasteiger partial charge in [0.2, 0.25) is 0 Å². The normalized spacial score (nSPS) is 11.6. The minimum atomic E-state index is -3.07. The van der Waals surface area contributed by atoms with Crippen LogP contribution < -0.4 is 5.73 Å². The van der Waals surface area contributed by atoms with E-state index in [2.05, 4.69) is 0 Å². The zero-order valence-electron chi connectivity index (χ0n) is 9.65. The summed E-state index contributed by atoms with van der Waals surface area (Å²) in [5.74, 6) is 0.217. The summed E-state index contributed by atoms with van der Waals surface area (Å²) >= 11 is 0. The van der Waals surface area contributed by atoms with Gasteiger partial charge in [-0.3, -0.25) is 0 Å². The molecule has 0 saturated heterocycles. The molecule has 0 radical (unpaired) electrons. The highest BCUT2D eigenvalue weighted by atomic mass is 32.2. The number of hydrogen-bond donors (Lipinski definition) is 1. The van der Waals surface area contributed by atoms with E-state index < -0.39 is 9.84 Å². The predicted octanol–water partition coefficient (Wildman–Crippen LogP) is 1.76. The Kier molecular flexibility index (Phi) is 4.96. The van der Waals surface area contributed by atoms with Gasteiger partial charge in [-0.05, 0) is 43.5 Å². The van der Waals surface area contributed by atoms with E-state index in [9.17, 15) is 8.42 Å². The standard InChI is InChI=1S/C12H19NO2S/c1-2-10-16(14,15)12-7-5-11(6-8-12)4-3-9-13/h5-8H,2-4,9-10,13H2,1H3. The molecule has 0 aromatic heterocycles. The average molecular weight is 241 g/mol. The van der Waals surface area contributed by atoms with Crippen LogP contribution >= 0.6 is 0 Å². The van der Waals surface area contributed by atoms with Gasteiger partial charge in [0.25, 0.3) is 0 Å². The lowest BCUT2D eigenvalue weighted by Gasteiger charge is -2.04. The van der Waals surface area contributed by atoms with Crippen LogP contribution in [0.25, 0.3) is 0 Å². The molecule has 0 fully saturated rings. The molecule has 90 valence electrons. The molecule has 2 N–H and O–H groups in total. The van der Waals surface area contributed by atoms with E-state index in [0.29, 0.717) is 17.9 Å². The highest BCUT2D eigenvalue weighted by molar-refractivity contribution is 7.91. The SMILES string of the molecule is CCCS(=O)(=O)c1ccc(CCCN)cc1. The summed E-state index contributed by atoms with van der Waals surface area (Å²) in [6, 6.07) is 7.13. The summed E-state index contributed by atoms with van der Waals surface area (Å²) in [5.41, 5.74) is 6.56. The number of sulfone groups is 1. The van der Waals surface area contributed by atoms with Gasteiger partial charge in [-0.25, -0.2) is 8.42 Å². The van der Waals surface area contributed by atoms with Crippen molar-refractivity contribution in [2.75, 3.05) is 12.3 Å². The summed E-state index contributed by atoms with van der Waals surface area (Å²) in [4.78, 5) is 0.422. The number of nitrogens with two attached hydrogens (primary N) is 1. The minimum absolute atomic E-state index is 0.217. The van der Waals surface area contributed by atoms with Crippen LogP contribution in [0, 0.1) is 0 Å². The molecule has 0 aliphatic heterocycles. The van der Waals surface area contributed by atoms with Crippen molar-refractivity contribution in [3.05, 3.63) is 29.8 Å². The van der Waals surface area contributed by atoms with E-state index in [1.807, 2.05) is 19.1 Å². The molecule has 0 amide bonds. The van der Waals surface area contributed by atoms with Crippen molar-refractivity contribution >= 4 is 9.84 Å². The first kappa shape index (κ1) is 13.2. The van der Waals surface area contributed by atoms with Gasteiger partial charge < -0.3 is 5.73 Å². The van der Waals surface area contributed by atoms with Gasteiger partial charge in [0.05, 0.1) is 10.6 Å². The number of aryl methyl sites for hydroxylation is 1. The third-order valence-corrected chi connectivity index (χ3v) is 4.36. The first-order chi connectivity index (χ1) is 7.60. The largest absolute Gasteiger partial charge is 0.330 e. The highest BCUT2D eigenvalue weighted by Gasteiger charge is 2.12. The van der Waals surface area contributed by atoms with Gasteiger partial charge in [-0.1, -0.05) is 19.1 Å². The molecule has 4 heteroatoms. The summed E-state index contributed by atoms with van der Waals surface area (Å²) in [5, 5.41) is 0. The predicted molar refractivity (Wildman–Crippen MR) is 66.2 cm³/mol.